The van der Waals surface area contributed by atoms with Crippen molar-refractivity contribution in [3.8, 4) is 16.9 Å². The molecule has 0 radical (unpaired) electrons. The number of aromatic amines is 1. The van der Waals surface area contributed by atoms with Crippen LogP contribution in [0.2, 0.25) is 0 Å². The van der Waals surface area contributed by atoms with Crippen LogP contribution in [0.25, 0.3) is 11.1 Å². The number of ether oxygens (including phenoxy) is 1. The maximum atomic E-state index is 14.0. The summed E-state index contributed by atoms with van der Waals surface area (Å²) in [5.41, 5.74) is 3.18. The van der Waals surface area contributed by atoms with E-state index in [1.54, 1.807) is 13.8 Å². The molecule has 7 rings (SSSR count). The average molecular weight is 641 g/mol. The smallest absolute Gasteiger partial charge is 0.407 e. The first-order chi connectivity index (χ1) is 22.6. The molecule has 3 aliphatic heterocycles. The molecule has 4 aliphatic rings. The summed E-state index contributed by atoms with van der Waals surface area (Å²) in [6, 6.07) is 16.6. The molecule has 2 N–H and O–H groups in total. The number of carboxylic acid groups (broad SMARTS) is 1. The fourth-order valence-corrected chi connectivity index (χ4v) is 7.61. The summed E-state index contributed by atoms with van der Waals surface area (Å²) in [5, 5.41) is 16.2. The highest BCUT2D eigenvalue weighted by atomic mass is 16.5. The molecule has 11 heteroatoms. The number of carbonyl (C=O) groups excluding carboxylic acids is 2. The molecule has 4 fully saturated rings. The Morgan fingerprint density at radius 3 is 2.34 bits per heavy atom. The lowest BCUT2D eigenvalue weighted by atomic mass is 9.95. The Hall–Kier alpha value is -4.54. The van der Waals surface area contributed by atoms with Crippen LogP contribution in [-0.2, 0) is 16.1 Å². The normalized spacial score (nSPS) is 22.7. The largest absolute Gasteiger partial charge is 0.478 e. The van der Waals surface area contributed by atoms with Gasteiger partial charge in [-0.1, -0.05) is 30.3 Å². The highest BCUT2D eigenvalue weighted by Crippen LogP contribution is 2.35. The van der Waals surface area contributed by atoms with Crippen LogP contribution in [0.5, 0.6) is 5.75 Å². The van der Waals surface area contributed by atoms with Gasteiger partial charge in [-0.15, -0.1) is 0 Å². The monoisotopic (exact) mass is 640 g/mol. The van der Waals surface area contributed by atoms with Crippen molar-refractivity contribution >= 4 is 23.6 Å². The van der Waals surface area contributed by atoms with Gasteiger partial charge in [0.25, 0.3) is 5.91 Å². The summed E-state index contributed by atoms with van der Waals surface area (Å²) in [4.78, 5) is 46.6. The average Bonchev–Trinajstić information content (AvgIpc) is 3.41. The molecule has 1 saturated carbocycles. The van der Waals surface area contributed by atoms with Crippen LogP contribution in [0.1, 0.15) is 45.1 Å². The Morgan fingerprint density at radius 2 is 1.68 bits per heavy atom. The van der Waals surface area contributed by atoms with Crippen molar-refractivity contribution in [3.63, 3.8) is 0 Å². The predicted octanol–water partition coefficient (Wildman–Crippen LogP) is 4.71. The Morgan fingerprint density at radius 1 is 0.957 bits per heavy atom. The van der Waals surface area contributed by atoms with Crippen molar-refractivity contribution in [2.75, 3.05) is 44.2 Å². The molecule has 3 aromatic rings. The third-order valence-electron chi connectivity index (χ3n) is 10.3. The van der Waals surface area contributed by atoms with Gasteiger partial charge >= 0.3 is 6.09 Å². The first kappa shape index (κ1) is 31.1. The third-order valence-corrected chi connectivity index (χ3v) is 10.3. The van der Waals surface area contributed by atoms with E-state index in [2.05, 4.69) is 44.3 Å². The predicted molar refractivity (Wildman–Crippen MR) is 177 cm³/mol. The maximum absolute atomic E-state index is 14.0. The van der Waals surface area contributed by atoms with Gasteiger partial charge < -0.3 is 29.4 Å². The zero-order valence-electron chi connectivity index (χ0n) is 27.2. The van der Waals surface area contributed by atoms with Crippen molar-refractivity contribution < 1.29 is 24.2 Å². The molecule has 0 spiro atoms. The molecule has 3 amide bonds. The van der Waals surface area contributed by atoms with Crippen LogP contribution in [0.3, 0.4) is 0 Å². The molecule has 1 aliphatic carbocycles. The van der Waals surface area contributed by atoms with Crippen LogP contribution in [0.4, 0.5) is 10.5 Å². The number of H-pyrrole nitrogens is 1. The molecule has 2 aromatic carbocycles. The van der Waals surface area contributed by atoms with E-state index in [4.69, 9.17) is 4.74 Å². The lowest BCUT2D eigenvalue weighted by Gasteiger charge is -2.37. The van der Waals surface area contributed by atoms with Crippen molar-refractivity contribution in [2.24, 2.45) is 17.8 Å². The second-order valence-electron chi connectivity index (χ2n) is 14.2. The highest BCUT2D eigenvalue weighted by Gasteiger charge is 2.46. The van der Waals surface area contributed by atoms with Gasteiger partial charge in [0.05, 0.1) is 12.1 Å². The second-order valence-corrected chi connectivity index (χ2v) is 14.2. The number of rotatable bonds is 9. The Kier molecular flexibility index (Phi) is 8.32. The minimum absolute atomic E-state index is 0.0798. The van der Waals surface area contributed by atoms with Gasteiger partial charge in [-0.2, -0.15) is 5.10 Å². The lowest BCUT2D eigenvalue weighted by molar-refractivity contribution is -0.144. The molecule has 3 atom stereocenters. The molecule has 1 unspecified atom stereocenters. The summed E-state index contributed by atoms with van der Waals surface area (Å²) >= 11 is 0. The number of carbonyl (C=O) groups is 3. The number of benzene rings is 2. The number of hydrogen-bond donors (Lipinski definition) is 2. The standard InChI is InChI=1S/C36H44N6O5/c1-36(2,34(44)40-20-28-22-41(35(45)46)23-29(28)21-40)47-32-7-3-6-31(15-32)39-14-4-5-26(19-39)33(43)42(30-12-13-30)18-24-8-10-25(11-9-24)27-16-37-38-17-27/h3,6-11,15-17,26,28-30H,4-5,12-14,18-23H2,1-2H3,(H,37,38)(H,45,46)/t26?,28-,29+. The molecule has 11 nitrogen and oxygen atoms in total. The van der Waals surface area contributed by atoms with E-state index in [9.17, 15) is 19.5 Å². The zero-order chi connectivity index (χ0) is 32.7. The summed E-state index contributed by atoms with van der Waals surface area (Å²) in [6.07, 6.45) is 6.72. The van der Waals surface area contributed by atoms with E-state index in [0.717, 1.165) is 54.6 Å². The highest BCUT2D eigenvalue weighted by molar-refractivity contribution is 5.85. The number of nitrogens with one attached hydrogen (secondary N) is 1. The Labute approximate surface area is 275 Å². The molecule has 248 valence electrons. The first-order valence-corrected chi connectivity index (χ1v) is 16.8. The number of hydrogen-bond acceptors (Lipinski definition) is 6. The molecular weight excluding hydrogens is 596 g/mol. The Bertz CT molecular complexity index is 1590. The molecule has 4 heterocycles. The maximum Gasteiger partial charge on any atom is 0.407 e. The van der Waals surface area contributed by atoms with Gasteiger partial charge in [-0.25, -0.2) is 4.79 Å². The van der Waals surface area contributed by atoms with Gasteiger partial charge in [0, 0.05) is 87.2 Å². The Balaban J connectivity index is 0.974. The van der Waals surface area contributed by atoms with Gasteiger partial charge in [-0.05, 0) is 62.8 Å². The number of anilines is 1. The van der Waals surface area contributed by atoms with Crippen LogP contribution < -0.4 is 9.64 Å². The number of amides is 3. The summed E-state index contributed by atoms with van der Waals surface area (Å²) in [6.45, 7) is 7.79. The fraction of sp³-hybridized carbons (Fsp3) is 0.500. The summed E-state index contributed by atoms with van der Waals surface area (Å²) in [5.74, 6) is 1.03. The molecule has 47 heavy (non-hydrogen) atoms. The second kappa shape index (κ2) is 12.6. The quantitative estimate of drug-likeness (QED) is 0.348. The number of likely N-dealkylation sites (tertiary alicyclic amines) is 2. The topological polar surface area (TPSA) is 122 Å². The van der Waals surface area contributed by atoms with Gasteiger partial charge in [0.1, 0.15) is 5.75 Å². The van der Waals surface area contributed by atoms with Crippen LogP contribution in [0.15, 0.2) is 60.9 Å². The van der Waals surface area contributed by atoms with Crippen LogP contribution in [0, 0.1) is 17.8 Å². The van der Waals surface area contributed by atoms with Gasteiger partial charge in [-0.3, -0.25) is 14.7 Å². The number of piperidine rings is 1. The van der Waals surface area contributed by atoms with E-state index in [1.165, 1.54) is 4.90 Å². The minimum atomic E-state index is -1.08. The van der Waals surface area contributed by atoms with E-state index >= 15 is 0 Å². The number of aromatic nitrogens is 2. The zero-order valence-corrected chi connectivity index (χ0v) is 27.2. The number of fused-ring (bicyclic) bond motifs is 1. The van der Waals surface area contributed by atoms with Crippen LogP contribution in [-0.4, -0.2) is 98.8 Å². The summed E-state index contributed by atoms with van der Waals surface area (Å²) in [7, 11) is 0. The van der Waals surface area contributed by atoms with E-state index < -0.39 is 11.7 Å². The van der Waals surface area contributed by atoms with Gasteiger partial charge in [0.2, 0.25) is 5.91 Å². The van der Waals surface area contributed by atoms with Crippen molar-refractivity contribution in [3.05, 3.63) is 66.5 Å². The van der Waals surface area contributed by atoms with Crippen molar-refractivity contribution in [1.29, 1.82) is 0 Å². The van der Waals surface area contributed by atoms with E-state index in [1.807, 2.05) is 41.6 Å². The third kappa shape index (κ3) is 6.66. The molecular formula is C36H44N6O5. The number of nitrogens with zero attached hydrogens (tertiary/aromatic N) is 5. The van der Waals surface area contributed by atoms with Crippen molar-refractivity contribution in [2.45, 2.75) is 57.7 Å². The molecule has 3 saturated heterocycles. The fourth-order valence-electron chi connectivity index (χ4n) is 7.61. The summed E-state index contributed by atoms with van der Waals surface area (Å²) < 4.78 is 6.34. The first-order valence-electron chi connectivity index (χ1n) is 16.8. The van der Waals surface area contributed by atoms with Crippen molar-refractivity contribution in [1.82, 2.24) is 24.9 Å². The SMILES string of the molecule is CC(C)(Oc1cccc(N2CCCC(C(=O)N(Cc3ccc(-c4cn[nH]c4)cc3)C3CC3)C2)c1)C(=O)N1C[C@H]2CN(C(=O)O)C[C@H]2C1. The minimum Gasteiger partial charge on any atom is -0.478 e. The lowest BCUT2D eigenvalue weighted by Crippen LogP contribution is -2.49. The van der Waals surface area contributed by atoms with Crippen LogP contribution >= 0.6 is 0 Å². The van der Waals surface area contributed by atoms with Gasteiger partial charge in [0.15, 0.2) is 5.60 Å². The van der Waals surface area contributed by atoms with E-state index in [-0.39, 0.29) is 29.6 Å². The van der Waals surface area contributed by atoms with E-state index in [0.29, 0.717) is 51.1 Å². The molecule has 0 bridgehead atoms. The molecule has 1 aromatic heterocycles.